The molecule has 1 aromatic heterocycles. The van der Waals surface area contributed by atoms with E-state index in [0.717, 1.165) is 11.1 Å². The second-order valence-electron chi connectivity index (χ2n) is 4.37. The second kappa shape index (κ2) is 5.24. The molecule has 6 heteroatoms. The van der Waals surface area contributed by atoms with Crippen LogP contribution in [0.2, 0.25) is 0 Å². The van der Waals surface area contributed by atoms with Crippen LogP contribution >= 0.6 is 0 Å². The van der Waals surface area contributed by atoms with Gasteiger partial charge < -0.3 is 14.6 Å². The molecule has 6 nitrogen and oxygen atoms in total. The van der Waals surface area contributed by atoms with Crippen LogP contribution in [-0.4, -0.2) is 35.1 Å². The molecule has 0 aliphatic rings. The van der Waals surface area contributed by atoms with Gasteiger partial charge in [0.25, 0.3) is 0 Å². The first-order valence-corrected chi connectivity index (χ1v) is 5.98. The van der Waals surface area contributed by atoms with E-state index in [4.69, 9.17) is 14.6 Å². The minimum atomic E-state index is -1.01. The van der Waals surface area contributed by atoms with E-state index in [1.807, 2.05) is 13.0 Å². The number of aromatic nitrogens is 2. The topological polar surface area (TPSA) is 73.6 Å². The van der Waals surface area contributed by atoms with Gasteiger partial charge in [-0.25, -0.2) is 4.79 Å². The summed E-state index contributed by atoms with van der Waals surface area (Å²) in [6.45, 7) is 1.91. The van der Waals surface area contributed by atoms with Gasteiger partial charge in [-0.15, -0.1) is 0 Å². The Morgan fingerprint density at radius 1 is 1.20 bits per heavy atom. The Bertz CT molecular complexity index is 661. The first kappa shape index (κ1) is 13.9. The molecule has 0 spiro atoms. The van der Waals surface area contributed by atoms with Gasteiger partial charge in [0.05, 0.1) is 19.9 Å². The fraction of sp³-hybridized carbons (Fsp3) is 0.286. The van der Waals surface area contributed by atoms with Crippen LogP contribution in [0.3, 0.4) is 0 Å². The second-order valence-corrected chi connectivity index (χ2v) is 4.37. The monoisotopic (exact) mass is 276 g/mol. The lowest BCUT2D eigenvalue weighted by molar-refractivity contribution is 0.0685. The van der Waals surface area contributed by atoms with Crippen LogP contribution in [0.15, 0.2) is 18.2 Å². The van der Waals surface area contributed by atoms with Crippen molar-refractivity contribution < 1.29 is 19.4 Å². The molecule has 0 unspecified atom stereocenters. The fourth-order valence-corrected chi connectivity index (χ4v) is 2.06. The molecule has 2 rings (SSSR count). The largest absolute Gasteiger partial charge is 0.493 e. The number of carboxylic acid groups (broad SMARTS) is 1. The number of hydrogen-bond donors (Lipinski definition) is 1. The van der Waals surface area contributed by atoms with Gasteiger partial charge in [0.15, 0.2) is 11.5 Å². The fourth-order valence-electron chi connectivity index (χ4n) is 2.06. The van der Waals surface area contributed by atoms with Crippen molar-refractivity contribution in [3.8, 4) is 22.8 Å². The Hall–Kier alpha value is -2.50. The minimum absolute atomic E-state index is 0.134. The predicted octanol–water partition coefficient (Wildman–Crippen LogP) is 2.11. The summed E-state index contributed by atoms with van der Waals surface area (Å²) >= 11 is 0. The van der Waals surface area contributed by atoms with Gasteiger partial charge in [0.1, 0.15) is 5.69 Å². The highest BCUT2D eigenvalue weighted by molar-refractivity contribution is 5.87. The van der Waals surface area contributed by atoms with E-state index in [1.165, 1.54) is 10.7 Å². The molecule has 0 fully saturated rings. The van der Waals surface area contributed by atoms with Crippen LogP contribution in [0.1, 0.15) is 16.1 Å². The third-order valence-electron chi connectivity index (χ3n) is 3.11. The maximum absolute atomic E-state index is 11.1. The van der Waals surface area contributed by atoms with Crippen LogP contribution in [0, 0.1) is 6.92 Å². The zero-order valence-electron chi connectivity index (χ0n) is 11.8. The summed E-state index contributed by atoms with van der Waals surface area (Å²) in [7, 11) is 4.72. The van der Waals surface area contributed by atoms with Crippen molar-refractivity contribution in [3.63, 3.8) is 0 Å². The number of nitrogens with zero attached hydrogens (tertiary/aromatic N) is 2. The number of methoxy groups -OCH3 is 2. The molecule has 1 heterocycles. The first-order valence-electron chi connectivity index (χ1n) is 5.98. The summed E-state index contributed by atoms with van der Waals surface area (Å²) in [6.07, 6.45) is 0. The van der Waals surface area contributed by atoms with Gasteiger partial charge in [0.2, 0.25) is 0 Å². The highest BCUT2D eigenvalue weighted by Crippen LogP contribution is 2.35. The summed E-state index contributed by atoms with van der Waals surface area (Å²) in [6, 6.07) is 5.17. The molecule has 0 radical (unpaired) electrons. The number of ether oxygens (including phenoxy) is 2. The third-order valence-corrected chi connectivity index (χ3v) is 3.11. The predicted molar refractivity (Wildman–Crippen MR) is 73.4 cm³/mol. The standard InChI is InChI=1S/C14H16N2O4/c1-8-5-12(19-3)13(20-4)6-9(8)10-7-11(14(17)18)16(2)15-10/h5-7H,1-4H3,(H,17,18). The number of aryl methyl sites for hydroxylation is 2. The zero-order chi connectivity index (χ0) is 14.9. The third kappa shape index (κ3) is 2.32. The van der Waals surface area contributed by atoms with Gasteiger partial charge in [-0.2, -0.15) is 5.10 Å². The van der Waals surface area contributed by atoms with Crippen molar-refractivity contribution in [1.82, 2.24) is 9.78 Å². The molecule has 0 saturated heterocycles. The van der Waals surface area contributed by atoms with Gasteiger partial charge in [-0.3, -0.25) is 4.68 Å². The van der Waals surface area contributed by atoms with Crippen LogP contribution in [0.25, 0.3) is 11.3 Å². The van der Waals surface area contributed by atoms with Crippen molar-refractivity contribution in [2.24, 2.45) is 7.05 Å². The SMILES string of the molecule is COc1cc(C)c(-c2cc(C(=O)O)n(C)n2)cc1OC. The molecule has 0 amide bonds. The van der Waals surface area contributed by atoms with Crippen molar-refractivity contribution in [3.05, 3.63) is 29.5 Å². The highest BCUT2D eigenvalue weighted by atomic mass is 16.5. The molecular weight excluding hydrogens is 260 g/mol. The summed E-state index contributed by atoms with van der Waals surface area (Å²) in [4.78, 5) is 11.1. The molecule has 0 saturated carbocycles. The van der Waals surface area contributed by atoms with Crippen LogP contribution in [0.5, 0.6) is 11.5 Å². The number of carboxylic acids is 1. The molecular formula is C14H16N2O4. The molecule has 2 aromatic rings. The van der Waals surface area contributed by atoms with Gasteiger partial charge in [0, 0.05) is 12.6 Å². The molecule has 0 aliphatic heterocycles. The minimum Gasteiger partial charge on any atom is -0.493 e. The van der Waals surface area contributed by atoms with Crippen LogP contribution in [0.4, 0.5) is 0 Å². The Kier molecular flexibility index (Phi) is 3.65. The van der Waals surface area contributed by atoms with Crippen molar-refractivity contribution in [1.29, 1.82) is 0 Å². The van der Waals surface area contributed by atoms with Crippen molar-refractivity contribution in [2.75, 3.05) is 14.2 Å². The summed E-state index contributed by atoms with van der Waals surface area (Å²) in [5.74, 6) is 0.197. The van der Waals surface area contributed by atoms with E-state index in [2.05, 4.69) is 5.10 Å². The van der Waals surface area contributed by atoms with Gasteiger partial charge >= 0.3 is 5.97 Å². The Balaban J connectivity index is 2.58. The number of rotatable bonds is 4. The molecule has 20 heavy (non-hydrogen) atoms. The van der Waals surface area contributed by atoms with Gasteiger partial charge in [-0.1, -0.05) is 0 Å². The normalized spacial score (nSPS) is 10.4. The lowest BCUT2D eigenvalue weighted by atomic mass is 10.0. The number of benzene rings is 1. The number of hydrogen-bond acceptors (Lipinski definition) is 4. The molecule has 1 aromatic carbocycles. The maximum Gasteiger partial charge on any atom is 0.354 e. The van der Waals surface area contributed by atoms with Crippen molar-refractivity contribution >= 4 is 5.97 Å². The molecule has 0 atom stereocenters. The first-order chi connectivity index (χ1) is 9.47. The lowest BCUT2D eigenvalue weighted by Gasteiger charge is -2.11. The average molecular weight is 276 g/mol. The summed E-state index contributed by atoms with van der Waals surface area (Å²) in [5.41, 5.74) is 2.46. The van der Waals surface area contributed by atoms with E-state index in [0.29, 0.717) is 17.2 Å². The van der Waals surface area contributed by atoms with Gasteiger partial charge in [-0.05, 0) is 30.7 Å². The molecule has 106 valence electrons. The van der Waals surface area contributed by atoms with E-state index in [-0.39, 0.29) is 5.69 Å². The van der Waals surface area contributed by atoms with E-state index in [9.17, 15) is 4.79 Å². The smallest absolute Gasteiger partial charge is 0.354 e. The molecule has 0 aliphatic carbocycles. The van der Waals surface area contributed by atoms with E-state index >= 15 is 0 Å². The number of aromatic carboxylic acids is 1. The maximum atomic E-state index is 11.1. The summed E-state index contributed by atoms with van der Waals surface area (Å²) < 4.78 is 11.8. The summed E-state index contributed by atoms with van der Waals surface area (Å²) in [5, 5.41) is 13.3. The lowest BCUT2D eigenvalue weighted by Crippen LogP contribution is -2.04. The van der Waals surface area contributed by atoms with Crippen LogP contribution in [-0.2, 0) is 7.05 Å². The Morgan fingerprint density at radius 3 is 2.30 bits per heavy atom. The zero-order valence-corrected chi connectivity index (χ0v) is 11.8. The quantitative estimate of drug-likeness (QED) is 0.925. The highest BCUT2D eigenvalue weighted by Gasteiger charge is 2.16. The Labute approximate surface area is 116 Å². The van der Waals surface area contributed by atoms with E-state index < -0.39 is 5.97 Å². The molecule has 1 N–H and O–H groups in total. The molecule has 0 bridgehead atoms. The van der Waals surface area contributed by atoms with E-state index in [1.54, 1.807) is 27.3 Å². The van der Waals surface area contributed by atoms with Crippen LogP contribution < -0.4 is 9.47 Å². The number of carbonyl (C=O) groups is 1. The van der Waals surface area contributed by atoms with Crippen molar-refractivity contribution in [2.45, 2.75) is 6.92 Å². The average Bonchev–Trinajstić information content (AvgIpc) is 2.80. The Morgan fingerprint density at radius 2 is 1.80 bits per heavy atom.